The third kappa shape index (κ3) is 4.07. The maximum Gasteiger partial charge on any atom is 0.351 e. The number of methoxy groups -OCH3 is 1. The largest absolute Gasteiger partial charge is 0.506 e. The zero-order valence-corrected chi connectivity index (χ0v) is 14.7. The SMILES string of the molecule is COC(=O)COc1cncc(C=CC(=O)c2c(O)c3ccccc3oc2=O)c1. The third-order valence-corrected chi connectivity index (χ3v) is 3.78. The number of ketones is 1. The second kappa shape index (κ2) is 8.17. The van der Waals surface area contributed by atoms with Crippen molar-refractivity contribution in [1.29, 1.82) is 0 Å². The molecule has 0 radical (unpaired) electrons. The molecule has 0 spiro atoms. The number of pyridine rings is 1. The summed E-state index contributed by atoms with van der Waals surface area (Å²) >= 11 is 0. The van der Waals surface area contributed by atoms with Crippen molar-refractivity contribution in [3.05, 3.63) is 70.3 Å². The quantitative estimate of drug-likeness (QED) is 0.299. The predicted octanol–water partition coefficient (Wildman–Crippen LogP) is 2.34. The summed E-state index contributed by atoms with van der Waals surface area (Å²) in [7, 11) is 1.24. The van der Waals surface area contributed by atoms with Gasteiger partial charge in [0.25, 0.3) is 0 Å². The van der Waals surface area contributed by atoms with E-state index in [1.165, 1.54) is 31.6 Å². The molecule has 28 heavy (non-hydrogen) atoms. The maximum atomic E-state index is 12.4. The van der Waals surface area contributed by atoms with Gasteiger partial charge in [-0.3, -0.25) is 9.78 Å². The topological polar surface area (TPSA) is 116 Å². The molecular weight excluding hydrogens is 366 g/mol. The summed E-state index contributed by atoms with van der Waals surface area (Å²) in [6.45, 7) is -0.281. The number of allylic oxidation sites excluding steroid dienone is 1. The van der Waals surface area contributed by atoms with Crippen LogP contribution in [0, 0.1) is 0 Å². The lowest BCUT2D eigenvalue weighted by Gasteiger charge is -2.05. The standard InChI is InChI=1S/C20H15NO7/c1-26-17(23)11-27-13-8-12(9-21-10-13)6-7-15(22)18-19(24)14-4-2-3-5-16(14)28-20(18)25/h2-10,24H,11H2,1H3. The molecule has 0 aliphatic carbocycles. The Labute approximate surface area is 158 Å². The number of aromatic nitrogens is 1. The van der Waals surface area contributed by atoms with Crippen LogP contribution in [0.3, 0.4) is 0 Å². The molecule has 0 saturated heterocycles. The minimum Gasteiger partial charge on any atom is -0.506 e. The first-order valence-corrected chi connectivity index (χ1v) is 8.11. The Morgan fingerprint density at radius 2 is 2.04 bits per heavy atom. The van der Waals surface area contributed by atoms with Gasteiger partial charge in [-0.15, -0.1) is 0 Å². The lowest BCUT2D eigenvalue weighted by atomic mass is 10.1. The van der Waals surface area contributed by atoms with E-state index in [2.05, 4.69) is 9.72 Å². The fourth-order valence-electron chi connectivity index (χ4n) is 2.41. The number of hydrogen-bond acceptors (Lipinski definition) is 8. The fraction of sp³-hybridized carbons (Fsp3) is 0.100. The molecule has 0 saturated carbocycles. The Hall–Kier alpha value is -3.94. The van der Waals surface area contributed by atoms with Crippen LogP contribution in [-0.2, 0) is 9.53 Å². The molecule has 0 aliphatic heterocycles. The molecule has 0 aliphatic rings. The lowest BCUT2D eigenvalue weighted by Crippen LogP contribution is -2.13. The van der Waals surface area contributed by atoms with E-state index in [9.17, 15) is 19.5 Å². The minimum absolute atomic E-state index is 0.185. The molecule has 0 amide bonds. The van der Waals surface area contributed by atoms with Crippen LogP contribution in [0.4, 0.5) is 0 Å². The zero-order chi connectivity index (χ0) is 20.1. The van der Waals surface area contributed by atoms with Crippen LogP contribution in [0.2, 0.25) is 0 Å². The molecule has 0 atom stereocenters. The number of hydrogen-bond donors (Lipinski definition) is 1. The van der Waals surface area contributed by atoms with Gasteiger partial charge in [0.2, 0.25) is 0 Å². The van der Waals surface area contributed by atoms with Crippen LogP contribution in [0.1, 0.15) is 15.9 Å². The molecule has 3 rings (SSSR count). The fourth-order valence-corrected chi connectivity index (χ4v) is 2.41. The minimum atomic E-state index is -0.931. The van der Waals surface area contributed by atoms with E-state index in [1.807, 2.05) is 0 Å². The molecule has 1 N–H and O–H groups in total. The highest BCUT2D eigenvalue weighted by Crippen LogP contribution is 2.26. The van der Waals surface area contributed by atoms with E-state index in [1.54, 1.807) is 24.3 Å². The third-order valence-electron chi connectivity index (χ3n) is 3.78. The molecule has 8 heteroatoms. The van der Waals surface area contributed by atoms with Gasteiger partial charge in [-0.2, -0.15) is 0 Å². The number of nitrogens with zero attached hydrogens (tertiary/aromatic N) is 1. The van der Waals surface area contributed by atoms with E-state index in [0.717, 1.165) is 6.08 Å². The molecular formula is C20H15NO7. The summed E-state index contributed by atoms with van der Waals surface area (Å²) in [6, 6.07) is 7.90. The summed E-state index contributed by atoms with van der Waals surface area (Å²) in [5, 5.41) is 10.6. The zero-order valence-electron chi connectivity index (χ0n) is 14.7. The van der Waals surface area contributed by atoms with Gasteiger partial charge in [0.15, 0.2) is 12.4 Å². The lowest BCUT2D eigenvalue weighted by molar-refractivity contribution is -0.142. The summed E-state index contributed by atoms with van der Waals surface area (Å²) in [4.78, 5) is 39.6. The molecule has 0 fully saturated rings. The molecule has 2 heterocycles. The van der Waals surface area contributed by atoms with Crippen LogP contribution in [-0.4, -0.2) is 35.6 Å². The van der Waals surface area contributed by atoms with E-state index in [4.69, 9.17) is 9.15 Å². The van der Waals surface area contributed by atoms with Crippen molar-refractivity contribution < 1.29 is 28.6 Å². The van der Waals surface area contributed by atoms with Crippen LogP contribution in [0.25, 0.3) is 17.0 Å². The highest BCUT2D eigenvalue weighted by molar-refractivity contribution is 6.10. The number of benzene rings is 1. The predicted molar refractivity (Wildman–Crippen MR) is 99.3 cm³/mol. The monoisotopic (exact) mass is 381 g/mol. The van der Waals surface area contributed by atoms with E-state index >= 15 is 0 Å². The van der Waals surface area contributed by atoms with Crippen molar-refractivity contribution in [2.24, 2.45) is 0 Å². The normalized spacial score (nSPS) is 10.9. The number of rotatable bonds is 6. The number of para-hydroxylation sites is 1. The van der Waals surface area contributed by atoms with E-state index in [-0.39, 0.29) is 17.6 Å². The van der Waals surface area contributed by atoms with Gasteiger partial charge in [0.05, 0.1) is 18.7 Å². The summed E-state index contributed by atoms with van der Waals surface area (Å²) < 4.78 is 14.8. The molecule has 3 aromatic rings. The van der Waals surface area contributed by atoms with Crippen molar-refractivity contribution >= 4 is 28.8 Å². The molecule has 0 unspecified atom stereocenters. The van der Waals surface area contributed by atoms with Crippen molar-refractivity contribution in [2.75, 3.05) is 13.7 Å². The number of esters is 1. The average Bonchev–Trinajstić information content (AvgIpc) is 2.70. The summed E-state index contributed by atoms with van der Waals surface area (Å²) in [5.41, 5.74) is -0.717. The van der Waals surface area contributed by atoms with Gasteiger partial charge in [-0.25, -0.2) is 9.59 Å². The van der Waals surface area contributed by atoms with Gasteiger partial charge < -0.3 is 19.0 Å². The van der Waals surface area contributed by atoms with Gasteiger partial charge in [0.1, 0.15) is 22.6 Å². The smallest absolute Gasteiger partial charge is 0.351 e. The molecule has 2 aromatic heterocycles. The van der Waals surface area contributed by atoms with Gasteiger partial charge in [-0.1, -0.05) is 12.1 Å². The molecule has 142 valence electrons. The average molecular weight is 381 g/mol. The molecule has 1 aromatic carbocycles. The first kappa shape index (κ1) is 18.8. The van der Waals surface area contributed by atoms with Crippen molar-refractivity contribution in [2.45, 2.75) is 0 Å². The van der Waals surface area contributed by atoms with Crippen molar-refractivity contribution in [3.8, 4) is 11.5 Å². The molecule has 8 nitrogen and oxygen atoms in total. The Morgan fingerprint density at radius 3 is 2.82 bits per heavy atom. The highest BCUT2D eigenvalue weighted by Gasteiger charge is 2.18. The van der Waals surface area contributed by atoms with Gasteiger partial charge >= 0.3 is 11.6 Å². The van der Waals surface area contributed by atoms with Crippen LogP contribution >= 0.6 is 0 Å². The summed E-state index contributed by atoms with van der Waals surface area (Å²) in [6.07, 6.45) is 5.36. The number of aromatic hydroxyl groups is 1. The second-order valence-electron chi connectivity index (χ2n) is 5.63. The first-order valence-electron chi connectivity index (χ1n) is 8.11. The Kier molecular flexibility index (Phi) is 5.50. The maximum absolute atomic E-state index is 12.4. The van der Waals surface area contributed by atoms with Gasteiger partial charge in [-0.05, 0) is 35.9 Å². The number of fused-ring (bicyclic) bond motifs is 1. The number of carbonyl (C=O) groups is 2. The van der Waals surface area contributed by atoms with Gasteiger partial charge in [0, 0.05) is 6.20 Å². The van der Waals surface area contributed by atoms with E-state index in [0.29, 0.717) is 11.3 Å². The van der Waals surface area contributed by atoms with E-state index < -0.39 is 28.7 Å². The van der Waals surface area contributed by atoms with Crippen molar-refractivity contribution in [1.82, 2.24) is 4.98 Å². The number of carbonyl (C=O) groups excluding carboxylic acids is 2. The van der Waals surface area contributed by atoms with Crippen LogP contribution in [0.5, 0.6) is 11.5 Å². The Bertz CT molecular complexity index is 1130. The first-order chi connectivity index (χ1) is 13.5. The Morgan fingerprint density at radius 1 is 1.25 bits per heavy atom. The number of ether oxygens (including phenoxy) is 2. The Balaban J connectivity index is 1.84. The molecule has 0 bridgehead atoms. The summed E-state index contributed by atoms with van der Waals surface area (Å²) in [5.74, 6) is -1.41. The highest BCUT2D eigenvalue weighted by atomic mass is 16.6. The second-order valence-corrected chi connectivity index (χ2v) is 5.63. The van der Waals surface area contributed by atoms with Crippen molar-refractivity contribution in [3.63, 3.8) is 0 Å². The van der Waals surface area contributed by atoms with Crippen LogP contribution < -0.4 is 10.4 Å². The van der Waals surface area contributed by atoms with Crippen LogP contribution in [0.15, 0.2) is 58.0 Å².